The summed E-state index contributed by atoms with van der Waals surface area (Å²) in [5.41, 5.74) is 2.44. The first kappa shape index (κ1) is 22.2. The highest BCUT2D eigenvalue weighted by atomic mass is 19.3. The summed E-state index contributed by atoms with van der Waals surface area (Å²) in [6, 6.07) is 5.07. The molecular weight excluding hydrogens is 427 g/mol. The number of halogens is 5. The van der Waals surface area contributed by atoms with Crippen LogP contribution in [-0.2, 0) is 10.3 Å². The summed E-state index contributed by atoms with van der Waals surface area (Å²) in [6.45, 7) is -0.905. The molecule has 1 aromatic heterocycles. The van der Waals surface area contributed by atoms with Crippen molar-refractivity contribution in [1.82, 2.24) is 4.98 Å². The van der Waals surface area contributed by atoms with Gasteiger partial charge in [-0.3, -0.25) is 4.79 Å². The Morgan fingerprint density at radius 2 is 2.06 bits per heavy atom. The minimum absolute atomic E-state index is 0.00137. The number of aromatic nitrogens is 1. The van der Waals surface area contributed by atoms with Gasteiger partial charge in [0.15, 0.2) is 12.1 Å². The van der Waals surface area contributed by atoms with Crippen LogP contribution in [-0.4, -0.2) is 42.5 Å². The number of aliphatic imine (C=N–C) groups is 1. The number of nitrogens with two attached hydrogens (primary N) is 1. The van der Waals surface area contributed by atoms with Gasteiger partial charge in [0.2, 0.25) is 0 Å². The summed E-state index contributed by atoms with van der Waals surface area (Å²) in [4.78, 5) is 19.8. The van der Waals surface area contributed by atoms with Crippen molar-refractivity contribution in [3.8, 4) is 5.75 Å². The van der Waals surface area contributed by atoms with Gasteiger partial charge in [0, 0.05) is 11.3 Å². The van der Waals surface area contributed by atoms with Crippen molar-refractivity contribution in [3.05, 3.63) is 53.6 Å². The molecule has 1 aliphatic heterocycles. The number of benzene rings is 1. The van der Waals surface area contributed by atoms with Gasteiger partial charge < -0.3 is 20.5 Å². The molecule has 2 heterocycles. The van der Waals surface area contributed by atoms with Gasteiger partial charge in [-0.1, -0.05) is 0 Å². The molecule has 7 nitrogen and oxygen atoms in total. The van der Waals surface area contributed by atoms with Crippen LogP contribution in [0.3, 0.4) is 0 Å². The van der Waals surface area contributed by atoms with E-state index in [1.165, 1.54) is 18.2 Å². The summed E-state index contributed by atoms with van der Waals surface area (Å²) in [5.74, 6) is -5.26. The first-order chi connectivity index (χ1) is 14.5. The van der Waals surface area contributed by atoms with E-state index in [1.54, 1.807) is 0 Å². The van der Waals surface area contributed by atoms with Gasteiger partial charge >= 0.3 is 5.92 Å². The van der Waals surface area contributed by atoms with E-state index < -0.39 is 54.4 Å². The molecule has 1 amide bonds. The van der Waals surface area contributed by atoms with E-state index in [0.29, 0.717) is 0 Å². The molecule has 0 unspecified atom stereocenters. The smallest absolute Gasteiger partial charge is 0.310 e. The number of anilines is 1. The molecule has 0 saturated carbocycles. The number of alkyl halides is 4. The largest absolute Gasteiger partial charge is 0.486 e. The van der Waals surface area contributed by atoms with Crippen molar-refractivity contribution in [3.63, 3.8) is 0 Å². The fourth-order valence-electron chi connectivity index (χ4n) is 2.83. The maximum Gasteiger partial charge on any atom is 0.310 e. The number of nitrogens with one attached hydrogen (secondary N) is 1. The van der Waals surface area contributed by atoms with Crippen LogP contribution >= 0.6 is 0 Å². The Kier molecular flexibility index (Phi) is 6.00. The van der Waals surface area contributed by atoms with Gasteiger partial charge in [-0.05, 0) is 37.3 Å². The quantitative estimate of drug-likeness (QED) is 0.667. The number of pyridine rings is 1. The van der Waals surface area contributed by atoms with E-state index in [0.717, 1.165) is 25.3 Å². The molecular formula is C19H17F5N4O3. The monoisotopic (exact) mass is 444 g/mol. The first-order valence-corrected chi connectivity index (χ1v) is 8.86. The van der Waals surface area contributed by atoms with Crippen molar-refractivity contribution >= 4 is 17.6 Å². The molecule has 0 radical (unpaired) electrons. The second-order valence-corrected chi connectivity index (χ2v) is 6.75. The number of hydrogen-bond acceptors (Lipinski definition) is 6. The van der Waals surface area contributed by atoms with Crippen molar-refractivity contribution in [1.29, 1.82) is 0 Å². The predicted octanol–water partition coefficient (Wildman–Crippen LogP) is 3.31. The Morgan fingerprint density at radius 3 is 2.71 bits per heavy atom. The molecule has 0 bridgehead atoms. The molecule has 1 atom stereocenters. The highest BCUT2D eigenvalue weighted by Gasteiger charge is 2.56. The normalized spacial score (nSPS) is 20.0. The predicted molar refractivity (Wildman–Crippen MR) is 100.0 cm³/mol. The van der Waals surface area contributed by atoms with Gasteiger partial charge in [-0.25, -0.2) is 23.1 Å². The van der Waals surface area contributed by atoms with Crippen LogP contribution in [0.5, 0.6) is 5.75 Å². The Bertz CT molecular complexity index is 1000. The topological polar surface area (TPSA) is 98.8 Å². The molecule has 0 fully saturated rings. The minimum Gasteiger partial charge on any atom is -0.486 e. The Balaban J connectivity index is 1.82. The zero-order chi connectivity index (χ0) is 22.8. The Morgan fingerprint density at radius 1 is 1.32 bits per heavy atom. The lowest BCUT2D eigenvalue weighted by atomic mass is 9.85. The second kappa shape index (κ2) is 8.36. The van der Waals surface area contributed by atoms with Gasteiger partial charge in [0.05, 0.1) is 6.20 Å². The molecule has 2 aromatic rings. The summed E-state index contributed by atoms with van der Waals surface area (Å²) >= 11 is 0. The fourth-order valence-corrected chi connectivity index (χ4v) is 2.83. The molecule has 31 heavy (non-hydrogen) atoms. The number of amidine groups is 1. The highest BCUT2D eigenvalue weighted by Crippen LogP contribution is 2.44. The van der Waals surface area contributed by atoms with Crippen molar-refractivity contribution in [2.75, 3.05) is 18.5 Å². The fraction of sp³-hybridized carbons (Fsp3) is 0.316. The second-order valence-electron chi connectivity index (χ2n) is 6.75. The first-order valence-electron chi connectivity index (χ1n) is 8.86. The lowest BCUT2D eigenvalue weighted by Gasteiger charge is -2.37. The number of hydrogen-bond donors (Lipinski definition) is 2. The van der Waals surface area contributed by atoms with Crippen LogP contribution in [0.15, 0.2) is 41.5 Å². The number of amides is 1. The van der Waals surface area contributed by atoms with E-state index in [4.69, 9.17) is 10.5 Å². The average Bonchev–Trinajstić information content (AvgIpc) is 2.71. The lowest BCUT2D eigenvalue weighted by Crippen LogP contribution is -2.51. The number of carbonyl (C=O) groups is 1. The van der Waals surface area contributed by atoms with E-state index in [-0.39, 0.29) is 17.1 Å². The zero-order valence-corrected chi connectivity index (χ0v) is 16.0. The highest BCUT2D eigenvalue weighted by molar-refractivity contribution is 6.02. The van der Waals surface area contributed by atoms with Crippen LogP contribution in [0.4, 0.5) is 27.6 Å². The van der Waals surface area contributed by atoms with Crippen LogP contribution in [0.25, 0.3) is 0 Å². The molecule has 0 spiro atoms. The third-order valence-electron chi connectivity index (χ3n) is 4.54. The molecule has 0 saturated heterocycles. The molecule has 0 aliphatic carbocycles. The average molecular weight is 444 g/mol. The van der Waals surface area contributed by atoms with Crippen LogP contribution in [0.1, 0.15) is 23.0 Å². The lowest BCUT2D eigenvalue weighted by molar-refractivity contribution is -0.117. The Labute approximate surface area is 173 Å². The maximum atomic E-state index is 14.5. The standard InChI is InChI=1S/C19H17F5N4O3/c1-18(19(23,24)9-31-17(25)28-18)12-6-10(2-4-13(12)20)27-16(29)14-5-3-11(7-26-14)30-8-15(21)22/h2-7,15H,8-9H2,1H3,(H2,25,28)(H,27,29)/t18-/m1/s1. The zero-order valence-electron chi connectivity index (χ0n) is 16.0. The van der Waals surface area contributed by atoms with Crippen LogP contribution in [0.2, 0.25) is 0 Å². The summed E-state index contributed by atoms with van der Waals surface area (Å²) in [7, 11) is 0. The number of ether oxygens (including phenoxy) is 2. The van der Waals surface area contributed by atoms with Crippen LogP contribution in [0, 0.1) is 5.82 Å². The summed E-state index contributed by atoms with van der Waals surface area (Å²) in [6.07, 6.45) is -1.59. The summed E-state index contributed by atoms with van der Waals surface area (Å²) < 4.78 is 77.1. The van der Waals surface area contributed by atoms with Crippen LogP contribution < -0.4 is 15.8 Å². The maximum absolute atomic E-state index is 14.5. The third kappa shape index (κ3) is 4.67. The van der Waals surface area contributed by atoms with Crippen molar-refractivity contribution in [2.24, 2.45) is 10.7 Å². The van der Waals surface area contributed by atoms with Crippen molar-refractivity contribution < 1.29 is 36.2 Å². The number of nitrogens with zero attached hydrogens (tertiary/aromatic N) is 2. The van der Waals surface area contributed by atoms with E-state index in [1.807, 2.05) is 0 Å². The van der Waals surface area contributed by atoms with Gasteiger partial charge in [0.25, 0.3) is 18.4 Å². The number of carbonyl (C=O) groups excluding carboxylic acids is 1. The van der Waals surface area contributed by atoms with E-state index >= 15 is 0 Å². The van der Waals surface area contributed by atoms with E-state index in [2.05, 4.69) is 20.0 Å². The molecule has 1 aromatic carbocycles. The molecule has 1 aliphatic rings. The van der Waals surface area contributed by atoms with Gasteiger partial charge in [-0.15, -0.1) is 0 Å². The Hall–Kier alpha value is -3.44. The number of rotatable bonds is 6. The SMILES string of the molecule is C[C@]1(c2cc(NC(=O)c3ccc(OCC(F)F)cn3)ccc2F)N=C(N)OCC1(F)F. The van der Waals surface area contributed by atoms with Gasteiger partial charge in [0.1, 0.15) is 23.9 Å². The van der Waals surface area contributed by atoms with Gasteiger partial charge in [-0.2, -0.15) is 8.78 Å². The minimum atomic E-state index is -3.57. The van der Waals surface area contributed by atoms with E-state index in [9.17, 15) is 26.7 Å². The molecule has 3 N–H and O–H groups in total. The van der Waals surface area contributed by atoms with Crippen molar-refractivity contribution in [2.45, 2.75) is 24.8 Å². The molecule has 12 heteroatoms. The molecule has 3 rings (SSSR count). The molecule has 166 valence electrons. The third-order valence-corrected chi connectivity index (χ3v) is 4.54. The summed E-state index contributed by atoms with van der Waals surface area (Å²) in [5, 5.41) is 2.41.